The summed E-state index contributed by atoms with van der Waals surface area (Å²) in [6, 6.07) is 11.0. The second kappa shape index (κ2) is 13.7. The van der Waals surface area contributed by atoms with Crippen LogP contribution in [-0.4, -0.2) is 103 Å². The molecule has 1 N–H and O–H groups in total. The smallest absolute Gasteiger partial charge is 0.261 e. The van der Waals surface area contributed by atoms with Crippen molar-refractivity contribution >= 4 is 44.1 Å². The van der Waals surface area contributed by atoms with Gasteiger partial charge in [-0.25, -0.2) is 13.4 Å². The molecule has 14 heteroatoms. The van der Waals surface area contributed by atoms with Crippen LogP contribution < -0.4 is 10.9 Å². The van der Waals surface area contributed by atoms with E-state index < -0.39 is 15.1 Å². The van der Waals surface area contributed by atoms with Crippen LogP contribution in [0.3, 0.4) is 0 Å². The van der Waals surface area contributed by atoms with E-state index in [1.165, 1.54) is 12.3 Å². The molecule has 4 aromatic rings. The van der Waals surface area contributed by atoms with Gasteiger partial charge in [0.15, 0.2) is 9.84 Å². The standard InChI is InChI=1S/C32H38ClN7O5S/c1-21(2)46(42,43)25-17-27(33)29(34-19-25)26-16-23-18-35-32(36-24-6-4-22(5-7-24)28-20-38(3)10-15-45-28)37-30(23)40(31(26)41)9-8-39-11-13-44-14-12-39/h4-7,16-19,21,28H,8-15,20H2,1-3H3,(H,35,36,37). The van der Waals surface area contributed by atoms with Gasteiger partial charge in [0.1, 0.15) is 5.65 Å². The minimum Gasteiger partial charge on any atom is -0.379 e. The average molecular weight is 668 g/mol. The van der Waals surface area contributed by atoms with Crippen molar-refractivity contribution < 1.29 is 17.9 Å². The predicted molar refractivity (Wildman–Crippen MR) is 178 cm³/mol. The summed E-state index contributed by atoms with van der Waals surface area (Å²) < 4.78 is 38.5. The number of halogens is 1. The number of anilines is 2. The van der Waals surface area contributed by atoms with Gasteiger partial charge >= 0.3 is 0 Å². The lowest BCUT2D eigenvalue weighted by Gasteiger charge is -2.30. The Kier molecular flexibility index (Phi) is 9.69. The summed E-state index contributed by atoms with van der Waals surface area (Å²) in [6.07, 6.45) is 2.94. The van der Waals surface area contributed by atoms with Crippen molar-refractivity contribution in [2.45, 2.75) is 36.6 Å². The monoisotopic (exact) mass is 667 g/mol. The van der Waals surface area contributed by atoms with Gasteiger partial charge in [-0.05, 0) is 50.7 Å². The van der Waals surface area contributed by atoms with E-state index in [1.807, 2.05) is 24.3 Å². The van der Waals surface area contributed by atoms with Crippen LogP contribution in [0.15, 0.2) is 58.5 Å². The first kappa shape index (κ1) is 32.5. The number of sulfone groups is 1. The van der Waals surface area contributed by atoms with Crippen LogP contribution in [0.25, 0.3) is 22.3 Å². The van der Waals surface area contributed by atoms with E-state index >= 15 is 0 Å². The first-order valence-electron chi connectivity index (χ1n) is 15.4. The summed E-state index contributed by atoms with van der Waals surface area (Å²) in [4.78, 5) is 32.3. The van der Waals surface area contributed by atoms with E-state index in [-0.39, 0.29) is 32.8 Å². The van der Waals surface area contributed by atoms with Gasteiger partial charge in [0.05, 0.1) is 52.4 Å². The van der Waals surface area contributed by atoms with Gasteiger partial charge in [0, 0.05) is 62.7 Å². The number of fused-ring (bicyclic) bond motifs is 1. The van der Waals surface area contributed by atoms with Crippen molar-refractivity contribution in [3.63, 3.8) is 0 Å². The fourth-order valence-corrected chi connectivity index (χ4v) is 6.96. The molecule has 0 saturated carbocycles. The Balaban J connectivity index is 1.34. The lowest BCUT2D eigenvalue weighted by atomic mass is 10.1. The molecule has 1 atom stereocenters. The Bertz CT molecular complexity index is 1880. The second-order valence-electron chi connectivity index (χ2n) is 11.9. The van der Waals surface area contributed by atoms with E-state index in [1.54, 1.807) is 30.7 Å². The zero-order chi connectivity index (χ0) is 32.4. The molecule has 244 valence electrons. The Morgan fingerprint density at radius 1 is 1.02 bits per heavy atom. The topological polar surface area (TPSA) is 132 Å². The number of ether oxygens (including phenoxy) is 2. The molecule has 0 spiro atoms. The Morgan fingerprint density at radius 2 is 1.78 bits per heavy atom. The summed E-state index contributed by atoms with van der Waals surface area (Å²) in [5, 5.41) is 3.32. The third-order valence-electron chi connectivity index (χ3n) is 8.40. The van der Waals surface area contributed by atoms with Gasteiger partial charge in [-0.1, -0.05) is 23.7 Å². The number of nitrogens with zero attached hydrogens (tertiary/aromatic N) is 6. The third kappa shape index (κ3) is 6.94. The maximum Gasteiger partial charge on any atom is 0.261 e. The summed E-state index contributed by atoms with van der Waals surface area (Å²) in [7, 11) is -1.50. The number of rotatable bonds is 9. The summed E-state index contributed by atoms with van der Waals surface area (Å²) in [5.41, 5.74) is 2.47. The summed E-state index contributed by atoms with van der Waals surface area (Å²) in [6.45, 7) is 9.45. The molecule has 2 saturated heterocycles. The highest BCUT2D eigenvalue weighted by Crippen LogP contribution is 2.29. The lowest BCUT2D eigenvalue weighted by Crippen LogP contribution is -2.39. The van der Waals surface area contributed by atoms with Crippen molar-refractivity contribution in [3.05, 3.63) is 69.7 Å². The second-order valence-corrected chi connectivity index (χ2v) is 14.8. The molecular weight excluding hydrogens is 630 g/mol. The van der Waals surface area contributed by atoms with Crippen molar-refractivity contribution in [3.8, 4) is 11.3 Å². The normalized spacial score (nSPS) is 18.3. The molecule has 0 radical (unpaired) electrons. The number of hydrogen-bond donors (Lipinski definition) is 1. The predicted octanol–water partition coefficient (Wildman–Crippen LogP) is 3.77. The van der Waals surface area contributed by atoms with Crippen molar-refractivity contribution in [2.75, 3.05) is 64.9 Å². The highest BCUT2D eigenvalue weighted by Gasteiger charge is 2.24. The van der Waals surface area contributed by atoms with Gasteiger partial charge < -0.3 is 19.7 Å². The molecule has 2 fully saturated rings. The Morgan fingerprint density at radius 3 is 2.48 bits per heavy atom. The molecule has 0 amide bonds. The summed E-state index contributed by atoms with van der Waals surface area (Å²) >= 11 is 6.58. The number of hydrogen-bond acceptors (Lipinski definition) is 11. The molecule has 2 aliphatic heterocycles. The zero-order valence-electron chi connectivity index (χ0n) is 26.1. The van der Waals surface area contributed by atoms with Crippen LogP contribution >= 0.6 is 11.6 Å². The molecule has 1 unspecified atom stereocenters. The van der Waals surface area contributed by atoms with Crippen LogP contribution in [0.2, 0.25) is 5.02 Å². The average Bonchev–Trinajstić information content (AvgIpc) is 3.05. The quantitative estimate of drug-likeness (QED) is 0.280. The largest absolute Gasteiger partial charge is 0.379 e. The number of likely N-dealkylation sites (N-methyl/N-ethyl adjacent to an activating group) is 1. The first-order chi connectivity index (χ1) is 22.1. The Labute approximate surface area is 273 Å². The van der Waals surface area contributed by atoms with Crippen molar-refractivity contribution in [1.29, 1.82) is 0 Å². The van der Waals surface area contributed by atoms with Crippen LogP contribution in [0.1, 0.15) is 25.5 Å². The Hall–Kier alpha value is -3.46. The molecule has 3 aromatic heterocycles. The number of nitrogens with one attached hydrogen (secondary N) is 1. The molecular formula is C32H38ClN7O5S. The highest BCUT2D eigenvalue weighted by atomic mass is 35.5. The number of morpholine rings is 2. The molecule has 5 heterocycles. The fourth-order valence-electron chi connectivity index (χ4n) is 5.60. The maximum atomic E-state index is 14.1. The molecule has 6 rings (SSSR count). The minimum absolute atomic E-state index is 0.00960. The third-order valence-corrected chi connectivity index (χ3v) is 10.8. The molecule has 12 nitrogen and oxygen atoms in total. The minimum atomic E-state index is -3.59. The summed E-state index contributed by atoms with van der Waals surface area (Å²) in [5.74, 6) is 0.348. The SMILES string of the molecule is CC(C)S(=O)(=O)c1cnc(-c2cc3cnc(Nc4ccc(C5CN(C)CCO5)cc4)nc3n(CCN3CCOCC3)c2=O)c(Cl)c1. The molecule has 0 aliphatic carbocycles. The van der Waals surface area contributed by atoms with Crippen LogP contribution in [0.4, 0.5) is 11.6 Å². The van der Waals surface area contributed by atoms with Gasteiger partial charge in [0.2, 0.25) is 5.95 Å². The van der Waals surface area contributed by atoms with Gasteiger partial charge in [-0.15, -0.1) is 0 Å². The fraction of sp³-hybridized carbons (Fsp3) is 0.438. The zero-order valence-corrected chi connectivity index (χ0v) is 27.7. The highest BCUT2D eigenvalue weighted by molar-refractivity contribution is 7.92. The first-order valence-corrected chi connectivity index (χ1v) is 17.3. The molecule has 0 bridgehead atoms. The van der Waals surface area contributed by atoms with E-state index in [0.717, 1.165) is 37.4 Å². The van der Waals surface area contributed by atoms with Crippen LogP contribution in [-0.2, 0) is 25.9 Å². The number of pyridine rings is 2. The van der Waals surface area contributed by atoms with Crippen LogP contribution in [0.5, 0.6) is 0 Å². The number of aromatic nitrogens is 4. The van der Waals surface area contributed by atoms with E-state index in [2.05, 4.69) is 32.1 Å². The number of benzene rings is 1. The molecule has 46 heavy (non-hydrogen) atoms. The van der Waals surface area contributed by atoms with Gasteiger partial charge in [-0.2, -0.15) is 4.98 Å². The molecule has 2 aliphatic rings. The van der Waals surface area contributed by atoms with E-state index in [4.69, 9.17) is 26.1 Å². The van der Waals surface area contributed by atoms with E-state index in [9.17, 15) is 13.2 Å². The van der Waals surface area contributed by atoms with Crippen LogP contribution in [0, 0.1) is 0 Å². The van der Waals surface area contributed by atoms with Gasteiger partial charge in [-0.3, -0.25) is 19.2 Å². The van der Waals surface area contributed by atoms with Crippen molar-refractivity contribution in [1.82, 2.24) is 29.3 Å². The lowest BCUT2D eigenvalue weighted by molar-refractivity contribution is -0.0208. The molecule has 1 aromatic carbocycles. The van der Waals surface area contributed by atoms with E-state index in [0.29, 0.717) is 49.9 Å². The van der Waals surface area contributed by atoms with Crippen molar-refractivity contribution in [2.24, 2.45) is 0 Å². The maximum absolute atomic E-state index is 14.1. The van der Waals surface area contributed by atoms with Gasteiger partial charge in [0.25, 0.3) is 5.56 Å².